The van der Waals surface area contributed by atoms with Crippen LogP contribution in [0.15, 0.2) is 261 Å². The summed E-state index contributed by atoms with van der Waals surface area (Å²) in [6.45, 7) is 2.14. The van der Waals surface area contributed by atoms with Gasteiger partial charge in [0.25, 0.3) is 0 Å². The van der Waals surface area contributed by atoms with E-state index >= 15 is 0 Å². The number of aryl methyl sites for hydroxylation is 1. The van der Waals surface area contributed by atoms with Crippen molar-refractivity contribution >= 4 is 50.6 Å². The van der Waals surface area contributed by atoms with Crippen LogP contribution in [-0.4, -0.2) is 27.6 Å². The predicted molar refractivity (Wildman–Crippen MR) is 290 cm³/mol. The standard InChI is InChI=1S/C64H46N4Si/c1-45-34-36-46(37-35-45)49-39-41-60-58(43-49)57-32-17-18-33-59(57)68(60)61-44-51(64-66-62(47-20-7-2-8-21-47)65-63(67-64)48-22-9-3-10-23-48)38-40-56(61)50-24-19-31-55(42-50)69(52-25-11-4-12-26-52,53-27-13-5-14-28-53)54-29-15-6-16-30-54/h2-44H,1H3. The van der Waals surface area contributed by atoms with Crippen molar-refractivity contribution in [3.63, 3.8) is 0 Å². The molecule has 12 aromatic rings. The van der Waals surface area contributed by atoms with Gasteiger partial charge in [-0.3, -0.25) is 0 Å². The predicted octanol–water partition coefficient (Wildman–Crippen LogP) is 13.0. The van der Waals surface area contributed by atoms with Crippen LogP contribution in [0.4, 0.5) is 0 Å². The lowest BCUT2D eigenvalue weighted by Crippen LogP contribution is -2.74. The maximum absolute atomic E-state index is 5.22. The van der Waals surface area contributed by atoms with E-state index in [2.05, 4.69) is 236 Å². The fourth-order valence-electron chi connectivity index (χ4n) is 10.2. The molecule has 10 aromatic carbocycles. The average Bonchev–Trinajstić information content (AvgIpc) is 3.76. The normalized spacial score (nSPS) is 11.6. The Bertz CT molecular complexity index is 3610. The van der Waals surface area contributed by atoms with E-state index in [4.69, 9.17) is 15.0 Å². The van der Waals surface area contributed by atoms with Crippen LogP contribution in [0.3, 0.4) is 0 Å². The van der Waals surface area contributed by atoms with Crippen molar-refractivity contribution in [2.45, 2.75) is 6.92 Å². The molecule has 0 aliphatic heterocycles. The molecule has 0 saturated carbocycles. The van der Waals surface area contributed by atoms with Crippen molar-refractivity contribution in [2.24, 2.45) is 0 Å². The van der Waals surface area contributed by atoms with Gasteiger partial charge in [0.1, 0.15) is 0 Å². The zero-order chi connectivity index (χ0) is 46.2. The molecular formula is C64H46N4Si. The molecule has 326 valence electrons. The van der Waals surface area contributed by atoms with Crippen LogP contribution >= 0.6 is 0 Å². The maximum Gasteiger partial charge on any atom is 0.179 e. The summed E-state index contributed by atoms with van der Waals surface area (Å²) in [6.07, 6.45) is 0. The van der Waals surface area contributed by atoms with Crippen LogP contribution in [0.1, 0.15) is 5.56 Å². The van der Waals surface area contributed by atoms with Crippen LogP contribution in [0.2, 0.25) is 0 Å². The van der Waals surface area contributed by atoms with E-state index in [1.165, 1.54) is 48.2 Å². The van der Waals surface area contributed by atoms with Gasteiger partial charge in [0.05, 0.1) is 16.7 Å². The molecule has 0 amide bonds. The SMILES string of the molecule is Cc1ccc(-c2ccc3c(c2)c2ccccc2n3-c2cc(-c3nc(-c4ccccc4)nc(-c4ccccc4)n3)ccc2-c2cccc([Si](c3ccccc3)(c3ccccc3)c3ccccc3)c2)cc1. The first-order chi connectivity index (χ1) is 34.1. The van der Waals surface area contributed by atoms with Gasteiger partial charge in [0.2, 0.25) is 0 Å². The summed E-state index contributed by atoms with van der Waals surface area (Å²) >= 11 is 0. The molecule has 0 radical (unpaired) electrons. The number of rotatable bonds is 10. The third-order valence-corrected chi connectivity index (χ3v) is 18.3. The number of fused-ring (bicyclic) bond motifs is 3. The first-order valence-corrected chi connectivity index (χ1v) is 25.5. The fraction of sp³-hybridized carbons (Fsp3) is 0.0156. The summed E-state index contributed by atoms with van der Waals surface area (Å²) in [4.78, 5) is 15.5. The lowest BCUT2D eigenvalue weighted by molar-refractivity contribution is 1.07. The summed E-state index contributed by atoms with van der Waals surface area (Å²) in [7, 11) is -2.85. The van der Waals surface area contributed by atoms with E-state index in [9.17, 15) is 0 Å². The van der Waals surface area contributed by atoms with Crippen LogP contribution in [0.5, 0.6) is 0 Å². The Morgan fingerprint density at radius 1 is 0.304 bits per heavy atom. The van der Waals surface area contributed by atoms with Crippen molar-refractivity contribution in [2.75, 3.05) is 0 Å². The Kier molecular flexibility index (Phi) is 10.7. The second-order valence-corrected chi connectivity index (χ2v) is 21.5. The van der Waals surface area contributed by atoms with Gasteiger partial charge in [-0.2, -0.15) is 0 Å². The number of hydrogen-bond acceptors (Lipinski definition) is 3. The second-order valence-electron chi connectivity index (χ2n) is 17.6. The van der Waals surface area contributed by atoms with Crippen molar-refractivity contribution in [3.05, 3.63) is 266 Å². The third-order valence-electron chi connectivity index (χ3n) is 13.5. The summed E-state index contributed by atoms with van der Waals surface area (Å²) in [6, 6.07) is 94.4. The average molecular weight is 899 g/mol. The highest BCUT2D eigenvalue weighted by molar-refractivity contribution is 7.19. The van der Waals surface area contributed by atoms with Crippen molar-refractivity contribution in [3.8, 4) is 62.1 Å². The minimum absolute atomic E-state index is 0.607. The maximum atomic E-state index is 5.22. The van der Waals surface area contributed by atoms with Gasteiger partial charge in [0.15, 0.2) is 25.5 Å². The van der Waals surface area contributed by atoms with Gasteiger partial charge in [-0.25, -0.2) is 15.0 Å². The molecule has 0 aliphatic rings. The van der Waals surface area contributed by atoms with Crippen LogP contribution in [0, 0.1) is 6.92 Å². The van der Waals surface area contributed by atoms with E-state index in [1.54, 1.807) is 0 Å². The third kappa shape index (κ3) is 7.56. The Balaban J connectivity index is 1.13. The molecule has 0 saturated heterocycles. The second kappa shape index (κ2) is 17.8. The first-order valence-electron chi connectivity index (χ1n) is 23.5. The molecule has 0 fully saturated rings. The van der Waals surface area contributed by atoms with Gasteiger partial charge in [0, 0.05) is 33.0 Å². The fourth-order valence-corrected chi connectivity index (χ4v) is 15.0. The van der Waals surface area contributed by atoms with Gasteiger partial charge in [-0.1, -0.05) is 242 Å². The highest BCUT2D eigenvalue weighted by atomic mass is 28.3. The first kappa shape index (κ1) is 41.6. The van der Waals surface area contributed by atoms with E-state index < -0.39 is 8.07 Å². The minimum atomic E-state index is -2.85. The highest BCUT2D eigenvalue weighted by Gasteiger charge is 2.41. The van der Waals surface area contributed by atoms with E-state index in [0.717, 1.165) is 44.5 Å². The summed E-state index contributed by atoms with van der Waals surface area (Å²) in [5.41, 5.74) is 11.9. The van der Waals surface area contributed by atoms with Crippen LogP contribution in [0.25, 0.3) is 83.9 Å². The highest BCUT2D eigenvalue weighted by Crippen LogP contribution is 2.40. The molecule has 0 bridgehead atoms. The minimum Gasteiger partial charge on any atom is -0.309 e. The Labute approximate surface area is 403 Å². The molecular weight excluding hydrogens is 853 g/mol. The quantitative estimate of drug-likeness (QED) is 0.101. The van der Waals surface area contributed by atoms with E-state index in [0.29, 0.717) is 17.5 Å². The Morgan fingerprint density at radius 3 is 1.33 bits per heavy atom. The molecule has 12 rings (SSSR count). The Morgan fingerprint density at radius 2 is 0.754 bits per heavy atom. The molecule has 0 atom stereocenters. The van der Waals surface area contributed by atoms with E-state index in [1.807, 2.05) is 36.4 Å². The summed E-state index contributed by atoms with van der Waals surface area (Å²) in [5, 5.41) is 7.69. The number of aromatic nitrogens is 4. The summed E-state index contributed by atoms with van der Waals surface area (Å²) < 4.78 is 2.45. The summed E-state index contributed by atoms with van der Waals surface area (Å²) in [5.74, 6) is 1.86. The molecule has 4 nitrogen and oxygen atoms in total. The zero-order valence-corrected chi connectivity index (χ0v) is 39.1. The van der Waals surface area contributed by atoms with Gasteiger partial charge >= 0.3 is 0 Å². The van der Waals surface area contributed by atoms with Gasteiger partial charge in [-0.15, -0.1) is 0 Å². The van der Waals surface area contributed by atoms with Crippen LogP contribution in [-0.2, 0) is 0 Å². The number of hydrogen-bond donors (Lipinski definition) is 0. The molecule has 0 aliphatic carbocycles. The van der Waals surface area contributed by atoms with E-state index in [-0.39, 0.29) is 0 Å². The largest absolute Gasteiger partial charge is 0.309 e. The zero-order valence-electron chi connectivity index (χ0n) is 38.1. The van der Waals surface area contributed by atoms with Crippen molar-refractivity contribution in [1.82, 2.24) is 19.5 Å². The number of para-hydroxylation sites is 1. The molecule has 5 heteroatoms. The molecule has 0 N–H and O–H groups in total. The van der Waals surface area contributed by atoms with Crippen LogP contribution < -0.4 is 20.7 Å². The molecule has 0 spiro atoms. The Hall–Kier alpha value is -8.77. The molecule has 69 heavy (non-hydrogen) atoms. The molecule has 2 aromatic heterocycles. The lowest BCUT2D eigenvalue weighted by atomic mass is 10.00. The smallest absolute Gasteiger partial charge is 0.179 e. The topological polar surface area (TPSA) is 43.6 Å². The van der Waals surface area contributed by atoms with Crippen molar-refractivity contribution in [1.29, 1.82) is 0 Å². The van der Waals surface area contributed by atoms with Gasteiger partial charge < -0.3 is 4.57 Å². The lowest BCUT2D eigenvalue weighted by Gasteiger charge is -2.34. The van der Waals surface area contributed by atoms with Gasteiger partial charge in [-0.05, 0) is 68.6 Å². The molecule has 2 heterocycles. The number of benzene rings is 10. The van der Waals surface area contributed by atoms with Crippen molar-refractivity contribution < 1.29 is 0 Å². The molecule has 0 unspecified atom stereocenters. The number of nitrogens with zero attached hydrogens (tertiary/aromatic N) is 4. The monoisotopic (exact) mass is 898 g/mol.